The summed E-state index contributed by atoms with van der Waals surface area (Å²) in [6.07, 6.45) is 3.79. The summed E-state index contributed by atoms with van der Waals surface area (Å²) in [5, 5.41) is 30.1. The first-order chi connectivity index (χ1) is 21.2. The predicted octanol–water partition coefficient (Wildman–Crippen LogP) is 4.03. The fourth-order valence-electron chi connectivity index (χ4n) is 4.40. The van der Waals surface area contributed by atoms with E-state index in [0.29, 0.717) is 21.7 Å². The van der Waals surface area contributed by atoms with Gasteiger partial charge < -0.3 is 19.7 Å². The van der Waals surface area contributed by atoms with Crippen LogP contribution in [0.2, 0.25) is 5.02 Å². The third-order valence-electron chi connectivity index (χ3n) is 6.71. The van der Waals surface area contributed by atoms with Gasteiger partial charge in [-0.25, -0.2) is 13.0 Å². The first kappa shape index (κ1) is 30.9. The number of rotatable bonds is 13. The van der Waals surface area contributed by atoms with Crippen LogP contribution in [0.15, 0.2) is 82.6 Å². The van der Waals surface area contributed by atoms with Crippen LogP contribution in [-0.4, -0.2) is 58.8 Å². The highest BCUT2D eigenvalue weighted by molar-refractivity contribution is 7.90. The summed E-state index contributed by atoms with van der Waals surface area (Å²) >= 11 is 6.76. The molecule has 0 spiro atoms. The maximum Gasteiger partial charge on any atom is 0.323 e. The molecular formula is C30H27ClN4O8S. The van der Waals surface area contributed by atoms with Gasteiger partial charge in [-0.05, 0) is 21.9 Å². The number of halogens is 1. The van der Waals surface area contributed by atoms with Gasteiger partial charge in [0.05, 0.1) is 16.5 Å². The van der Waals surface area contributed by atoms with Crippen LogP contribution in [0, 0.1) is 0 Å². The lowest BCUT2D eigenvalue weighted by atomic mass is 10.0. The molecule has 0 saturated heterocycles. The highest BCUT2D eigenvalue weighted by atomic mass is 35.5. The van der Waals surface area contributed by atoms with E-state index in [-0.39, 0.29) is 47.2 Å². The summed E-state index contributed by atoms with van der Waals surface area (Å²) in [5.74, 6) is -0.768. The summed E-state index contributed by atoms with van der Waals surface area (Å²) in [7, 11) is -3.50. The quantitative estimate of drug-likeness (QED) is 0.169. The molecule has 12 nitrogen and oxygen atoms in total. The average molecular weight is 639 g/mol. The lowest BCUT2D eigenvalue weighted by Gasteiger charge is -2.17. The third-order valence-corrected chi connectivity index (χ3v) is 8.24. The smallest absolute Gasteiger partial charge is 0.323 e. The van der Waals surface area contributed by atoms with Gasteiger partial charge in [0.1, 0.15) is 30.5 Å². The van der Waals surface area contributed by atoms with Gasteiger partial charge >= 0.3 is 5.97 Å². The van der Waals surface area contributed by atoms with Crippen LogP contribution in [-0.2, 0) is 34.4 Å². The topological polar surface area (TPSA) is 174 Å². The molecule has 0 radical (unpaired) electrons. The van der Waals surface area contributed by atoms with Crippen LogP contribution in [0.4, 0.5) is 0 Å². The van der Waals surface area contributed by atoms with Gasteiger partial charge in [-0.3, -0.25) is 15.1 Å². The number of sulfone groups is 1. The lowest BCUT2D eigenvalue weighted by Crippen LogP contribution is -2.39. The number of pyridine rings is 1. The molecular weight excluding hydrogens is 612 g/mol. The van der Waals surface area contributed by atoms with E-state index >= 15 is 0 Å². The van der Waals surface area contributed by atoms with E-state index in [1.165, 1.54) is 18.5 Å². The number of fused-ring (bicyclic) bond motifs is 1. The molecule has 14 heteroatoms. The Morgan fingerprint density at radius 2 is 1.75 bits per heavy atom. The molecule has 0 aliphatic heterocycles. The van der Waals surface area contributed by atoms with E-state index in [1.54, 1.807) is 6.07 Å². The zero-order valence-corrected chi connectivity index (χ0v) is 24.9. The summed E-state index contributed by atoms with van der Waals surface area (Å²) in [6, 6.07) is 17.1. The normalized spacial score (nSPS) is 12.2. The number of nitrogens with one attached hydrogen (secondary N) is 1. The first-order valence-electron chi connectivity index (χ1n) is 13.2. The third kappa shape index (κ3) is 6.97. The maximum absolute atomic E-state index is 12.0. The number of aliphatic hydroxyl groups is 1. The van der Waals surface area contributed by atoms with Crippen molar-refractivity contribution in [2.75, 3.05) is 12.9 Å². The number of aliphatic hydroxyl groups excluding tert-OH is 1. The van der Waals surface area contributed by atoms with Crippen molar-refractivity contribution >= 4 is 38.4 Å². The lowest BCUT2D eigenvalue weighted by molar-refractivity contribution is -0.140. The molecule has 5 aromatic rings. The number of hydrogen-bond acceptors (Lipinski definition) is 11. The fraction of sp³-hybridized carbons (Fsp3) is 0.200. The summed E-state index contributed by atoms with van der Waals surface area (Å²) < 4.78 is 41.3. The molecule has 0 unspecified atom stereocenters. The Kier molecular flexibility index (Phi) is 9.40. The summed E-state index contributed by atoms with van der Waals surface area (Å²) in [5.41, 5.74) is 3.84. The average Bonchev–Trinajstić information content (AvgIpc) is 3.51. The van der Waals surface area contributed by atoms with E-state index in [2.05, 4.69) is 20.6 Å². The van der Waals surface area contributed by atoms with Crippen LogP contribution < -0.4 is 14.8 Å². The number of carboxylic acids is 1. The largest absolute Gasteiger partial charge is 0.488 e. The highest BCUT2D eigenvalue weighted by Gasteiger charge is 2.23. The van der Waals surface area contributed by atoms with Crippen LogP contribution in [0.5, 0.6) is 11.5 Å². The van der Waals surface area contributed by atoms with Crippen LogP contribution in [0.25, 0.3) is 22.2 Å². The molecule has 0 saturated carbocycles. The highest BCUT2D eigenvalue weighted by Crippen LogP contribution is 2.36. The van der Waals surface area contributed by atoms with Crippen molar-refractivity contribution in [2.24, 2.45) is 0 Å². The molecule has 0 aliphatic carbocycles. The summed E-state index contributed by atoms with van der Waals surface area (Å²) in [4.78, 5) is 15.5. The first-order valence-corrected chi connectivity index (χ1v) is 15.5. The van der Waals surface area contributed by atoms with Crippen LogP contribution in [0.1, 0.15) is 16.7 Å². The van der Waals surface area contributed by atoms with Crippen molar-refractivity contribution < 1.29 is 37.5 Å². The maximum atomic E-state index is 12.0. The second-order valence-electron chi connectivity index (χ2n) is 9.79. The molecule has 0 aliphatic rings. The molecule has 44 heavy (non-hydrogen) atoms. The zero-order valence-electron chi connectivity index (χ0n) is 23.3. The van der Waals surface area contributed by atoms with Crippen molar-refractivity contribution in [1.29, 1.82) is 0 Å². The predicted molar refractivity (Wildman–Crippen MR) is 160 cm³/mol. The Labute approximate surface area is 257 Å². The van der Waals surface area contributed by atoms with Gasteiger partial charge in [-0.15, -0.1) is 0 Å². The molecule has 228 valence electrons. The molecule has 2 aromatic heterocycles. The molecule has 3 N–H and O–H groups in total. The number of aliphatic carboxylic acids is 1. The Morgan fingerprint density at radius 3 is 2.48 bits per heavy atom. The van der Waals surface area contributed by atoms with E-state index < -0.39 is 28.5 Å². The Bertz CT molecular complexity index is 1900. The minimum Gasteiger partial charge on any atom is -0.488 e. The zero-order chi connectivity index (χ0) is 31.3. The minimum absolute atomic E-state index is 0.0301. The second kappa shape index (κ2) is 13.4. The molecule has 2 heterocycles. The van der Waals surface area contributed by atoms with Gasteiger partial charge in [-0.1, -0.05) is 60.1 Å². The molecule has 1 atom stereocenters. The van der Waals surface area contributed by atoms with Gasteiger partial charge in [0.2, 0.25) is 0 Å². The number of nitrogens with zero attached hydrogens (tertiary/aromatic N) is 3. The van der Waals surface area contributed by atoms with Gasteiger partial charge in [-0.2, -0.15) is 0 Å². The van der Waals surface area contributed by atoms with Crippen LogP contribution in [0.3, 0.4) is 0 Å². The number of carbonyl (C=O) groups is 1. The Balaban J connectivity index is 1.48. The van der Waals surface area contributed by atoms with E-state index in [1.807, 2.05) is 48.5 Å². The monoisotopic (exact) mass is 638 g/mol. The van der Waals surface area contributed by atoms with Gasteiger partial charge in [0.15, 0.2) is 21.1 Å². The SMILES string of the molecule is CS(=O)(=O)c1cncc(COc2cc(OCc3cccc(-c4ccccc4)c3Cl)c3nonc3c2CN[C@H](CO)C(=O)O)c1. The Hall–Kier alpha value is -4.56. The van der Waals surface area contributed by atoms with Crippen molar-refractivity contribution in [2.45, 2.75) is 30.7 Å². The molecule has 5 rings (SSSR count). The molecule has 0 fully saturated rings. The number of carboxylic acid groups (broad SMARTS) is 1. The van der Waals surface area contributed by atoms with E-state index in [4.69, 9.17) is 25.7 Å². The van der Waals surface area contributed by atoms with Gasteiger partial charge in [0.25, 0.3) is 0 Å². The van der Waals surface area contributed by atoms with Crippen molar-refractivity contribution in [3.05, 3.63) is 94.8 Å². The van der Waals surface area contributed by atoms with Crippen molar-refractivity contribution in [1.82, 2.24) is 20.6 Å². The van der Waals surface area contributed by atoms with E-state index in [0.717, 1.165) is 17.4 Å². The minimum atomic E-state index is -3.50. The van der Waals surface area contributed by atoms with Crippen molar-refractivity contribution in [3.63, 3.8) is 0 Å². The second-order valence-corrected chi connectivity index (χ2v) is 12.2. The standard InChI is InChI=1S/C30H27ClN4O8S/c1-44(39,40)21-10-18(12-32-13-21)16-41-25-11-26(29-28(34-43-35-29)23(25)14-33-24(15-36)30(37)38)42-17-20-8-5-9-22(27(20)31)19-6-3-2-4-7-19/h2-13,24,33,36H,14-17H2,1H3,(H,37,38)/t24-/m1/s1. The summed E-state index contributed by atoms with van der Waals surface area (Å²) in [6.45, 7) is -0.776. The molecule has 0 amide bonds. The number of benzene rings is 3. The van der Waals surface area contributed by atoms with Crippen LogP contribution >= 0.6 is 11.6 Å². The number of aromatic nitrogens is 3. The number of hydrogen-bond donors (Lipinski definition) is 3. The van der Waals surface area contributed by atoms with Gasteiger partial charge in [0, 0.05) is 53.5 Å². The molecule has 0 bridgehead atoms. The Morgan fingerprint density at radius 1 is 1.00 bits per heavy atom. The van der Waals surface area contributed by atoms with E-state index in [9.17, 15) is 23.4 Å². The molecule has 3 aromatic carbocycles. The fourth-order valence-corrected chi connectivity index (χ4v) is 5.31. The van der Waals surface area contributed by atoms with Crippen molar-refractivity contribution in [3.8, 4) is 22.6 Å². The number of ether oxygens (including phenoxy) is 2.